The van der Waals surface area contributed by atoms with Crippen LogP contribution in [0.4, 0.5) is 0 Å². The molecule has 0 aliphatic heterocycles. The van der Waals surface area contributed by atoms with Gasteiger partial charge in [0.05, 0.1) is 5.92 Å². The molecule has 0 amide bonds. The second-order valence-electron chi connectivity index (χ2n) is 6.68. The maximum Gasteiger partial charge on any atom is 0.306 e. The number of hydrogen-bond acceptors (Lipinski definition) is 1. The Balaban J connectivity index is 2.70. The van der Waals surface area contributed by atoms with Gasteiger partial charge in [-0.3, -0.25) is 4.79 Å². The van der Waals surface area contributed by atoms with Crippen LogP contribution in [-0.2, 0) is 4.79 Å². The molecule has 0 heterocycles. The Morgan fingerprint density at radius 3 is 2.18 bits per heavy atom. The standard InChI is InChI=1S/C15H28O2/c1-9(2)6-12-7-13(11(5)10(3)4)14(8-12)15(16)17/h9-14H,6-8H2,1-5H3,(H,16,17). The van der Waals surface area contributed by atoms with Gasteiger partial charge in [0.1, 0.15) is 0 Å². The van der Waals surface area contributed by atoms with Gasteiger partial charge in [0, 0.05) is 0 Å². The Morgan fingerprint density at radius 1 is 1.18 bits per heavy atom. The van der Waals surface area contributed by atoms with E-state index in [1.807, 2.05) is 0 Å². The van der Waals surface area contributed by atoms with Gasteiger partial charge in [-0.1, -0.05) is 34.6 Å². The summed E-state index contributed by atoms with van der Waals surface area (Å²) in [4.78, 5) is 11.4. The van der Waals surface area contributed by atoms with E-state index < -0.39 is 5.97 Å². The molecule has 1 rings (SSSR count). The van der Waals surface area contributed by atoms with Crippen LogP contribution in [0.3, 0.4) is 0 Å². The van der Waals surface area contributed by atoms with Crippen molar-refractivity contribution in [3.8, 4) is 0 Å². The van der Waals surface area contributed by atoms with Gasteiger partial charge in [-0.25, -0.2) is 0 Å². The molecule has 100 valence electrons. The van der Waals surface area contributed by atoms with Crippen LogP contribution in [0.15, 0.2) is 0 Å². The van der Waals surface area contributed by atoms with Crippen molar-refractivity contribution in [2.75, 3.05) is 0 Å². The van der Waals surface area contributed by atoms with E-state index in [0.717, 1.165) is 12.8 Å². The van der Waals surface area contributed by atoms with E-state index in [4.69, 9.17) is 0 Å². The second kappa shape index (κ2) is 5.88. The van der Waals surface area contributed by atoms with Crippen LogP contribution in [0.1, 0.15) is 53.9 Å². The number of carbonyl (C=O) groups is 1. The molecule has 1 aliphatic carbocycles. The minimum Gasteiger partial charge on any atom is -0.481 e. The van der Waals surface area contributed by atoms with Gasteiger partial charge in [-0.2, -0.15) is 0 Å². The Kier molecular flexibility index (Phi) is 5.03. The number of carboxylic acid groups (broad SMARTS) is 1. The SMILES string of the molecule is CC(C)CC1CC(C(=O)O)C(C(C)C(C)C)C1. The largest absolute Gasteiger partial charge is 0.481 e. The van der Waals surface area contributed by atoms with E-state index in [0.29, 0.717) is 29.6 Å². The third kappa shape index (κ3) is 3.72. The zero-order chi connectivity index (χ0) is 13.2. The first kappa shape index (κ1) is 14.5. The summed E-state index contributed by atoms with van der Waals surface area (Å²) in [5, 5.41) is 9.37. The summed E-state index contributed by atoms with van der Waals surface area (Å²) < 4.78 is 0. The molecular weight excluding hydrogens is 212 g/mol. The molecule has 1 saturated carbocycles. The zero-order valence-corrected chi connectivity index (χ0v) is 11.9. The highest BCUT2D eigenvalue weighted by molar-refractivity contribution is 5.70. The second-order valence-corrected chi connectivity index (χ2v) is 6.68. The van der Waals surface area contributed by atoms with E-state index in [1.165, 1.54) is 6.42 Å². The van der Waals surface area contributed by atoms with Gasteiger partial charge in [0.25, 0.3) is 0 Å². The van der Waals surface area contributed by atoms with E-state index in [9.17, 15) is 9.90 Å². The highest BCUT2D eigenvalue weighted by atomic mass is 16.4. The van der Waals surface area contributed by atoms with Crippen molar-refractivity contribution in [3.05, 3.63) is 0 Å². The molecular formula is C15H28O2. The van der Waals surface area contributed by atoms with Crippen molar-refractivity contribution in [3.63, 3.8) is 0 Å². The smallest absolute Gasteiger partial charge is 0.306 e. The minimum absolute atomic E-state index is 0.101. The number of hydrogen-bond donors (Lipinski definition) is 1. The highest BCUT2D eigenvalue weighted by Crippen LogP contribution is 2.45. The lowest BCUT2D eigenvalue weighted by Gasteiger charge is -2.26. The number of aliphatic carboxylic acids is 1. The summed E-state index contributed by atoms with van der Waals surface area (Å²) in [7, 11) is 0. The Morgan fingerprint density at radius 2 is 1.76 bits per heavy atom. The molecule has 0 aromatic rings. The number of carboxylic acids is 1. The molecule has 1 N–H and O–H groups in total. The van der Waals surface area contributed by atoms with Crippen LogP contribution >= 0.6 is 0 Å². The number of rotatable bonds is 5. The van der Waals surface area contributed by atoms with Gasteiger partial charge in [-0.05, 0) is 48.9 Å². The van der Waals surface area contributed by atoms with Gasteiger partial charge in [-0.15, -0.1) is 0 Å². The van der Waals surface area contributed by atoms with Gasteiger partial charge < -0.3 is 5.11 Å². The van der Waals surface area contributed by atoms with Crippen LogP contribution in [0, 0.1) is 35.5 Å². The Labute approximate surface area is 106 Å². The predicted octanol–water partition coefficient (Wildman–Crippen LogP) is 4.05. The molecule has 0 bridgehead atoms. The van der Waals surface area contributed by atoms with Crippen molar-refractivity contribution >= 4 is 5.97 Å². The summed E-state index contributed by atoms with van der Waals surface area (Å²) in [6, 6.07) is 0. The molecule has 2 heteroatoms. The first-order valence-electron chi connectivity index (χ1n) is 7.05. The first-order valence-corrected chi connectivity index (χ1v) is 7.05. The molecule has 1 fully saturated rings. The fraction of sp³-hybridized carbons (Fsp3) is 0.933. The van der Waals surface area contributed by atoms with Crippen LogP contribution in [0.5, 0.6) is 0 Å². The van der Waals surface area contributed by atoms with Crippen LogP contribution in [-0.4, -0.2) is 11.1 Å². The third-order valence-electron chi connectivity index (χ3n) is 4.56. The fourth-order valence-electron chi connectivity index (χ4n) is 3.40. The van der Waals surface area contributed by atoms with E-state index in [-0.39, 0.29) is 5.92 Å². The molecule has 0 saturated heterocycles. The van der Waals surface area contributed by atoms with Gasteiger partial charge in [0.15, 0.2) is 0 Å². The third-order valence-corrected chi connectivity index (χ3v) is 4.56. The Hall–Kier alpha value is -0.530. The first-order chi connectivity index (χ1) is 7.82. The molecule has 17 heavy (non-hydrogen) atoms. The molecule has 0 spiro atoms. The molecule has 0 radical (unpaired) electrons. The highest BCUT2D eigenvalue weighted by Gasteiger charge is 2.41. The predicted molar refractivity (Wildman–Crippen MR) is 70.8 cm³/mol. The summed E-state index contributed by atoms with van der Waals surface area (Å²) in [5.74, 6) is 2.12. The average Bonchev–Trinajstić information content (AvgIpc) is 2.59. The van der Waals surface area contributed by atoms with Crippen molar-refractivity contribution in [2.24, 2.45) is 35.5 Å². The maximum atomic E-state index is 11.4. The maximum absolute atomic E-state index is 11.4. The molecule has 4 unspecified atom stereocenters. The van der Waals surface area contributed by atoms with E-state index >= 15 is 0 Å². The van der Waals surface area contributed by atoms with Gasteiger partial charge in [0.2, 0.25) is 0 Å². The van der Waals surface area contributed by atoms with E-state index in [2.05, 4.69) is 34.6 Å². The van der Waals surface area contributed by atoms with Crippen molar-refractivity contribution in [2.45, 2.75) is 53.9 Å². The summed E-state index contributed by atoms with van der Waals surface area (Å²) in [6.45, 7) is 11.1. The van der Waals surface area contributed by atoms with Crippen molar-refractivity contribution in [1.82, 2.24) is 0 Å². The normalized spacial score (nSPS) is 31.1. The lowest BCUT2D eigenvalue weighted by Crippen LogP contribution is -2.26. The topological polar surface area (TPSA) is 37.3 Å². The lowest BCUT2D eigenvalue weighted by molar-refractivity contribution is -0.143. The summed E-state index contributed by atoms with van der Waals surface area (Å²) >= 11 is 0. The van der Waals surface area contributed by atoms with Crippen molar-refractivity contribution < 1.29 is 9.90 Å². The quantitative estimate of drug-likeness (QED) is 0.787. The Bertz CT molecular complexity index is 258. The zero-order valence-electron chi connectivity index (χ0n) is 11.9. The fourth-order valence-corrected chi connectivity index (χ4v) is 3.40. The molecule has 0 aromatic heterocycles. The molecule has 2 nitrogen and oxygen atoms in total. The van der Waals surface area contributed by atoms with Crippen LogP contribution in [0.2, 0.25) is 0 Å². The monoisotopic (exact) mass is 240 g/mol. The van der Waals surface area contributed by atoms with Gasteiger partial charge >= 0.3 is 5.97 Å². The molecule has 0 aromatic carbocycles. The van der Waals surface area contributed by atoms with Crippen LogP contribution < -0.4 is 0 Å². The van der Waals surface area contributed by atoms with Crippen LogP contribution in [0.25, 0.3) is 0 Å². The summed E-state index contributed by atoms with van der Waals surface area (Å²) in [5.41, 5.74) is 0. The molecule has 4 atom stereocenters. The molecule has 1 aliphatic rings. The minimum atomic E-state index is -0.575. The summed E-state index contributed by atoms with van der Waals surface area (Å²) in [6.07, 6.45) is 3.20. The lowest BCUT2D eigenvalue weighted by atomic mass is 9.79. The van der Waals surface area contributed by atoms with Crippen molar-refractivity contribution in [1.29, 1.82) is 0 Å². The van der Waals surface area contributed by atoms with E-state index in [1.54, 1.807) is 0 Å². The average molecular weight is 240 g/mol.